The highest BCUT2D eigenvalue weighted by Crippen LogP contribution is 2.25. The fourth-order valence-corrected chi connectivity index (χ4v) is 2.49. The molecule has 5 heteroatoms. The Kier molecular flexibility index (Phi) is 4.78. The van der Waals surface area contributed by atoms with Crippen molar-refractivity contribution in [2.75, 3.05) is 7.11 Å². The molecule has 0 aliphatic rings. The monoisotopic (exact) mass is 317 g/mol. The van der Waals surface area contributed by atoms with Crippen LogP contribution in [-0.2, 0) is 20.7 Å². The normalized spacial score (nSPS) is 12.9. The van der Waals surface area contributed by atoms with Gasteiger partial charge in [0.15, 0.2) is 0 Å². The third-order valence-corrected chi connectivity index (χ3v) is 3.51. The molecule has 1 aromatic heterocycles. The predicted molar refractivity (Wildman–Crippen MR) is 88.5 cm³/mol. The lowest BCUT2D eigenvalue weighted by Crippen LogP contribution is -2.26. The van der Waals surface area contributed by atoms with Gasteiger partial charge < -0.3 is 9.47 Å². The lowest BCUT2D eigenvalue weighted by molar-refractivity contribution is -0.144. The summed E-state index contributed by atoms with van der Waals surface area (Å²) in [7, 11) is 1.38. The van der Waals surface area contributed by atoms with E-state index in [0.717, 1.165) is 16.5 Å². The molecule has 5 nitrogen and oxygen atoms in total. The average molecular weight is 317 g/mol. The van der Waals surface area contributed by atoms with Crippen molar-refractivity contribution in [1.82, 2.24) is 4.57 Å². The summed E-state index contributed by atoms with van der Waals surface area (Å²) in [6.45, 7) is 7.30. The Morgan fingerprint density at radius 2 is 1.87 bits per heavy atom. The molecule has 0 saturated heterocycles. The van der Waals surface area contributed by atoms with E-state index in [1.165, 1.54) is 11.7 Å². The molecule has 124 valence electrons. The Balaban J connectivity index is 2.40. The highest BCUT2D eigenvalue weighted by Gasteiger charge is 2.22. The van der Waals surface area contributed by atoms with Crippen LogP contribution in [0.1, 0.15) is 33.3 Å². The molecule has 0 unspecified atom stereocenters. The van der Waals surface area contributed by atoms with E-state index >= 15 is 0 Å². The molecule has 0 radical (unpaired) electrons. The smallest absolute Gasteiger partial charge is 0.419 e. The number of rotatable bonds is 3. The molecule has 0 aliphatic heterocycles. The van der Waals surface area contributed by atoms with Gasteiger partial charge in [0.2, 0.25) is 0 Å². The first-order valence-electron chi connectivity index (χ1n) is 7.63. The van der Waals surface area contributed by atoms with Gasteiger partial charge >= 0.3 is 12.1 Å². The zero-order valence-corrected chi connectivity index (χ0v) is 14.3. The predicted octanol–water partition coefficient (Wildman–Crippen LogP) is 3.78. The molecule has 0 N–H and O–H groups in total. The summed E-state index contributed by atoms with van der Waals surface area (Å²) in [4.78, 5) is 24.1. The van der Waals surface area contributed by atoms with Crippen molar-refractivity contribution >= 4 is 23.0 Å². The molecule has 0 amide bonds. The topological polar surface area (TPSA) is 57.5 Å². The molecule has 2 rings (SSSR count). The molecular weight excluding hydrogens is 294 g/mol. The number of carbonyl (C=O) groups excluding carboxylic acids is 2. The summed E-state index contributed by atoms with van der Waals surface area (Å²) in [6.07, 6.45) is 1.83. The second kappa shape index (κ2) is 6.44. The van der Waals surface area contributed by atoms with Crippen LogP contribution in [0.2, 0.25) is 0 Å². The number of para-hydroxylation sites is 1. The molecule has 0 aliphatic carbocycles. The fourth-order valence-electron chi connectivity index (χ4n) is 2.49. The quantitative estimate of drug-likeness (QED) is 0.808. The second-order valence-corrected chi connectivity index (χ2v) is 6.65. The van der Waals surface area contributed by atoms with Gasteiger partial charge in [-0.05, 0) is 38.8 Å². The molecule has 1 atom stereocenters. The number of aromatic nitrogens is 1. The summed E-state index contributed by atoms with van der Waals surface area (Å²) < 4.78 is 11.7. The van der Waals surface area contributed by atoms with Crippen molar-refractivity contribution in [3.63, 3.8) is 0 Å². The third kappa shape index (κ3) is 3.92. The van der Waals surface area contributed by atoms with E-state index in [0.29, 0.717) is 6.42 Å². The molecule has 0 bridgehead atoms. The van der Waals surface area contributed by atoms with Crippen LogP contribution in [0.15, 0.2) is 30.5 Å². The summed E-state index contributed by atoms with van der Waals surface area (Å²) in [5.41, 5.74) is 1.13. The van der Waals surface area contributed by atoms with Crippen LogP contribution >= 0.6 is 0 Å². The minimum Gasteiger partial charge on any atom is -0.469 e. The van der Waals surface area contributed by atoms with Crippen molar-refractivity contribution in [2.45, 2.75) is 39.7 Å². The SMILES string of the molecule is COC(=O)[C@@H](C)Cc1cn(C(=O)OC(C)(C)C)c2ccccc12. The number of carbonyl (C=O) groups is 2. The second-order valence-electron chi connectivity index (χ2n) is 6.65. The molecule has 0 fully saturated rings. The van der Waals surface area contributed by atoms with Gasteiger partial charge in [-0.2, -0.15) is 0 Å². The van der Waals surface area contributed by atoms with Gasteiger partial charge in [0.05, 0.1) is 18.5 Å². The highest BCUT2D eigenvalue weighted by atomic mass is 16.6. The zero-order chi connectivity index (χ0) is 17.2. The molecule has 2 aromatic rings. The van der Waals surface area contributed by atoms with Gasteiger partial charge in [-0.3, -0.25) is 9.36 Å². The standard InChI is InChI=1S/C18H23NO4/c1-12(16(20)22-5)10-13-11-19(17(21)23-18(2,3)4)15-9-7-6-8-14(13)15/h6-9,11-12H,10H2,1-5H3/t12-/m0/s1. The van der Waals surface area contributed by atoms with Crippen molar-refractivity contribution in [2.24, 2.45) is 5.92 Å². The Hall–Kier alpha value is -2.30. The number of benzene rings is 1. The minimum atomic E-state index is -0.568. The average Bonchev–Trinajstić information content (AvgIpc) is 2.84. The van der Waals surface area contributed by atoms with E-state index in [4.69, 9.17) is 9.47 Å². The highest BCUT2D eigenvalue weighted by molar-refractivity contribution is 5.92. The van der Waals surface area contributed by atoms with E-state index in [9.17, 15) is 9.59 Å². The van der Waals surface area contributed by atoms with Crippen LogP contribution in [0.3, 0.4) is 0 Å². The van der Waals surface area contributed by atoms with Gasteiger partial charge in [0.1, 0.15) is 5.60 Å². The largest absolute Gasteiger partial charge is 0.469 e. The first kappa shape index (κ1) is 17.1. The Bertz CT molecular complexity index is 724. The van der Waals surface area contributed by atoms with E-state index in [1.807, 2.05) is 52.0 Å². The number of ether oxygens (including phenoxy) is 2. The summed E-state index contributed by atoms with van der Waals surface area (Å²) in [5, 5.41) is 0.939. The number of hydrogen-bond acceptors (Lipinski definition) is 4. The van der Waals surface area contributed by atoms with Gasteiger partial charge in [-0.15, -0.1) is 0 Å². The van der Waals surface area contributed by atoms with Crippen LogP contribution in [0.5, 0.6) is 0 Å². The maximum absolute atomic E-state index is 12.4. The number of esters is 1. The summed E-state index contributed by atoms with van der Waals surface area (Å²) in [6, 6.07) is 7.59. The van der Waals surface area contributed by atoms with Crippen LogP contribution < -0.4 is 0 Å². The minimum absolute atomic E-state index is 0.265. The van der Waals surface area contributed by atoms with Gasteiger partial charge in [0, 0.05) is 11.6 Å². The van der Waals surface area contributed by atoms with E-state index in [-0.39, 0.29) is 11.9 Å². The van der Waals surface area contributed by atoms with Crippen LogP contribution in [-0.4, -0.2) is 29.3 Å². The first-order chi connectivity index (χ1) is 10.7. The summed E-state index contributed by atoms with van der Waals surface area (Å²) in [5.74, 6) is -0.544. The van der Waals surface area contributed by atoms with Crippen molar-refractivity contribution in [3.05, 3.63) is 36.0 Å². The maximum Gasteiger partial charge on any atom is 0.419 e. The Morgan fingerprint density at radius 1 is 1.22 bits per heavy atom. The fraction of sp³-hybridized carbons (Fsp3) is 0.444. The molecule has 0 saturated carbocycles. The van der Waals surface area contributed by atoms with Gasteiger partial charge in [-0.25, -0.2) is 4.79 Å². The Morgan fingerprint density at radius 3 is 2.48 bits per heavy atom. The molecule has 0 spiro atoms. The van der Waals surface area contributed by atoms with Crippen molar-refractivity contribution in [3.8, 4) is 0 Å². The van der Waals surface area contributed by atoms with Crippen LogP contribution in [0, 0.1) is 5.92 Å². The Labute approximate surface area is 136 Å². The van der Waals surface area contributed by atoms with Crippen molar-refractivity contribution in [1.29, 1.82) is 0 Å². The molecular formula is C18H23NO4. The van der Waals surface area contributed by atoms with E-state index in [2.05, 4.69) is 0 Å². The summed E-state index contributed by atoms with van der Waals surface area (Å²) >= 11 is 0. The molecule has 1 aromatic carbocycles. The van der Waals surface area contributed by atoms with Gasteiger partial charge in [-0.1, -0.05) is 25.1 Å². The maximum atomic E-state index is 12.4. The van der Waals surface area contributed by atoms with Gasteiger partial charge in [0.25, 0.3) is 0 Å². The van der Waals surface area contributed by atoms with Crippen molar-refractivity contribution < 1.29 is 19.1 Å². The third-order valence-electron chi connectivity index (χ3n) is 3.51. The lowest BCUT2D eigenvalue weighted by atomic mass is 10.0. The molecule has 23 heavy (non-hydrogen) atoms. The van der Waals surface area contributed by atoms with E-state index in [1.54, 1.807) is 6.20 Å². The number of hydrogen-bond donors (Lipinski definition) is 0. The number of nitrogens with zero attached hydrogens (tertiary/aromatic N) is 1. The zero-order valence-electron chi connectivity index (χ0n) is 14.3. The van der Waals surface area contributed by atoms with Crippen LogP contribution in [0.4, 0.5) is 4.79 Å². The van der Waals surface area contributed by atoms with Crippen LogP contribution in [0.25, 0.3) is 10.9 Å². The number of fused-ring (bicyclic) bond motifs is 1. The first-order valence-corrected chi connectivity index (χ1v) is 7.63. The lowest BCUT2D eigenvalue weighted by Gasteiger charge is -2.19. The molecule has 1 heterocycles. The number of methoxy groups -OCH3 is 1. The van der Waals surface area contributed by atoms with E-state index < -0.39 is 11.7 Å².